The second-order valence-electron chi connectivity index (χ2n) is 7.23. The van der Waals surface area contributed by atoms with E-state index in [0.717, 1.165) is 29.3 Å². The number of hydrogen-bond acceptors (Lipinski definition) is 4. The maximum atomic E-state index is 4.59. The van der Waals surface area contributed by atoms with Crippen LogP contribution < -0.4 is 9.47 Å². The minimum absolute atomic E-state index is 0.680. The first-order valence-corrected chi connectivity index (χ1v) is 9.87. The van der Waals surface area contributed by atoms with Crippen molar-refractivity contribution >= 4 is 17.3 Å². The van der Waals surface area contributed by atoms with Gasteiger partial charge in [0.2, 0.25) is 0 Å². The topological polar surface area (TPSA) is 49.7 Å². The molecule has 4 aromatic rings. The van der Waals surface area contributed by atoms with E-state index in [4.69, 9.17) is 0 Å². The minimum atomic E-state index is 0.680. The molecule has 0 bridgehead atoms. The van der Waals surface area contributed by atoms with Crippen LogP contribution in [0.15, 0.2) is 95.2 Å². The van der Waals surface area contributed by atoms with Crippen LogP contribution in [0.1, 0.15) is 5.56 Å². The fraction of sp³-hybridized carbons (Fsp3) is 0.167. The van der Waals surface area contributed by atoms with Crippen LogP contribution >= 0.6 is 0 Å². The summed E-state index contributed by atoms with van der Waals surface area (Å²) in [6, 6.07) is 28.6. The highest BCUT2D eigenvalue weighted by Gasteiger charge is 2.21. The predicted octanol–water partition coefficient (Wildman–Crippen LogP) is 4.96. The lowest BCUT2D eigenvalue weighted by molar-refractivity contribution is -0.648. The zero-order chi connectivity index (χ0) is 20.9. The summed E-state index contributed by atoms with van der Waals surface area (Å²) in [7, 11) is 5.91. The second kappa shape index (κ2) is 8.69. The number of rotatable bonds is 6. The molecule has 1 heterocycles. The number of nitrogens with zero attached hydrogens (tertiary/aromatic N) is 6. The fourth-order valence-corrected chi connectivity index (χ4v) is 3.36. The Morgan fingerprint density at radius 2 is 1.50 bits per heavy atom. The summed E-state index contributed by atoms with van der Waals surface area (Å²) in [6.45, 7) is 0.856. The van der Waals surface area contributed by atoms with E-state index in [1.165, 1.54) is 5.56 Å². The van der Waals surface area contributed by atoms with E-state index in [9.17, 15) is 0 Å². The highest BCUT2D eigenvalue weighted by Crippen LogP contribution is 2.22. The van der Waals surface area contributed by atoms with Crippen LogP contribution in [0.4, 0.5) is 17.3 Å². The molecule has 0 amide bonds. The average molecular weight is 398 g/mol. The molecule has 6 nitrogen and oxygen atoms in total. The molecule has 0 unspecified atom stereocenters. The molecule has 0 fully saturated rings. The third-order valence-electron chi connectivity index (χ3n) is 4.99. The van der Waals surface area contributed by atoms with Gasteiger partial charge in [0.05, 0.1) is 19.8 Å². The van der Waals surface area contributed by atoms with Crippen molar-refractivity contribution in [1.82, 2.24) is 9.78 Å². The molecular weight excluding hydrogens is 372 g/mol. The van der Waals surface area contributed by atoms with Crippen molar-refractivity contribution in [3.8, 4) is 11.4 Å². The lowest BCUT2D eigenvalue weighted by atomic mass is 10.2. The lowest BCUT2D eigenvalue weighted by Gasteiger charge is -2.19. The van der Waals surface area contributed by atoms with E-state index in [1.54, 1.807) is 4.68 Å². The number of aromatic nitrogens is 3. The van der Waals surface area contributed by atoms with Gasteiger partial charge in [-0.2, -0.15) is 0 Å². The Labute approximate surface area is 176 Å². The van der Waals surface area contributed by atoms with Crippen molar-refractivity contribution in [2.24, 2.45) is 24.3 Å². The van der Waals surface area contributed by atoms with Crippen molar-refractivity contribution in [2.45, 2.75) is 6.54 Å². The normalized spacial score (nSPS) is 11.2. The van der Waals surface area contributed by atoms with Gasteiger partial charge >= 0.3 is 5.95 Å². The molecule has 0 aliphatic heterocycles. The van der Waals surface area contributed by atoms with E-state index >= 15 is 0 Å². The number of benzene rings is 3. The van der Waals surface area contributed by atoms with Gasteiger partial charge in [0, 0.05) is 30.0 Å². The molecule has 150 valence electrons. The van der Waals surface area contributed by atoms with Crippen LogP contribution in [-0.4, -0.2) is 16.8 Å². The zero-order valence-electron chi connectivity index (χ0n) is 17.5. The molecule has 30 heavy (non-hydrogen) atoms. The van der Waals surface area contributed by atoms with E-state index in [2.05, 4.69) is 63.7 Å². The SMILES string of the molecule is CN(Cc1ccccc1)c1ccc(N=Nc2n(C)nc(-c3ccccc3)[n+]2C)cc1. The van der Waals surface area contributed by atoms with Crippen LogP contribution in [0.25, 0.3) is 11.4 Å². The zero-order valence-corrected chi connectivity index (χ0v) is 17.5. The van der Waals surface area contributed by atoms with Crippen LogP contribution in [0.5, 0.6) is 0 Å². The number of aryl methyl sites for hydroxylation is 1. The molecule has 0 aliphatic rings. The van der Waals surface area contributed by atoms with Gasteiger partial charge in [-0.25, -0.2) is 4.57 Å². The van der Waals surface area contributed by atoms with E-state index in [1.807, 2.05) is 67.2 Å². The molecule has 4 rings (SSSR count). The second-order valence-corrected chi connectivity index (χ2v) is 7.23. The first-order valence-electron chi connectivity index (χ1n) is 9.87. The van der Waals surface area contributed by atoms with Gasteiger partial charge in [-0.3, -0.25) is 0 Å². The maximum Gasteiger partial charge on any atom is 0.403 e. The molecule has 6 heteroatoms. The van der Waals surface area contributed by atoms with E-state index in [0.29, 0.717) is 5.95 Å². The number of azo groups is 1. The first-order chi connectivity index (χ1) is 14.6. The highest BCUT2D eigenvalue weighted by atomic mass is 15.4. The summed E-state index contributed by atoms with van der Waals surface area (Å²) in [6.07, 6.45) is 0. The largest absolute Gasteiger partial charge is 0.403 e. The van der Waals surface area contributed by atoms with Crippen molar-refractivity contribution in [1.29, 1.82) is 0 Å². The van der Waals surface area contributed by atoms with Crippen molar-refractivity contribution in [3.63, 3.8) is 0 Å². The summed E-state index contributed by atoms with van der Waals surface area (Å²) in [5.41, 5.74) is 4.26. The molecule has 0 spiro atoms. The maximum absolute atomic E-state index is 4.59. The quantitative estimate of drug-likeness (QED) is 0.341. The molecule has 0 atom stereocenters. The number of hydrogen-bond donors (Lipinski definition) is 0. The predicted molar refractivity (Wildman–Crippen MR) is 119 cm³/mol. The van der Waals surface area contributed by atoms with Gasteiger partial charge < -0.3 is 4.90 Å². The highest BCUT2D eigenvalue weighted by molar-refractivity contribution is 5.53. The van der Waals surface area contributed by atoms with Gasteiger partial charge in [0.15, 0.2) is 0 Å². The molecule has 3 aromatic carbocycles. The van der Waals surface area contributed by atoms with Gasteiger partial charge in [0.1, 0.15) is 0 Å². The Bertz CT molecular complexity index is 1130. The molecule has 0 aliphatic carbocycles. The van der Waals surface area contributed by atoms with Crippen LogP contribution in [0, 0.1) is 0 Å². The Kier molecular flexibility index (Phi) is 5.66. The molecule has 0 radical (unpaired) electrons. The average Bonchev–Trinajstić information content (AvgIpc) is 3.07. The van der Waals surface area contributed by atoms with Gasteiger partial charge in [-0.15, -0.1) is 4.68 Å². The fourth-order valence-electron chi connectivity index (χ4n) is 3.36. The summed E-state index contributed by atoms with van der Waals surface area (Å²) in [4.78, 5) is 2.21. The van der Waals surface area contributed by atoms with Gasteiger partial charge in [-0.05, 0) is 47.1 Å². The summed E-state index contributed by atoms with van der Waals surface area (Å²) >= 11 is 0. The molecular formula is C24H25N6+. The smallest absolute Gasteiger partial charge is 0.370 e. The number of anilines is 1. The monoisotopic (exact) mass is 397 g/mol. The molecule has 1 aromatic heterocycles. The molecule has 0 saturated carbocycles. The summed E-state index contributed by atoms with van der Waals surface area (Å²) in [5.74, 6) is 1.53. The van der Waals surface area contributed by atoms with Gasteiger partial charge in [0.25, 0.3) is 5.82 Å². The molecule has 0 saturated heterocycles. The van der Waals surface area contributed by atoms with E-state index in [-0.39, 0.29) is 0 Å². The van der Waals surface area contributed by atoms with Crippen LogP contribution in [0.2, 0.25) is 0 Å². The van der Waals surface area contributed by atoms with Crippen molar-refractivity contribution in [2.75, 3.05) is 11.9 Å². The molecule has 0 N–H and O–H groups in total. The van der Waals surface area contributed by atoms with E-state index < -0.39 is 0 Å². The van der Waals surface area contributed by atoms with Crippen molar-refractivity contribution < 1.29 is 4.57 Å². The summed E-state index contributed by atoms with van der Waals surface area (Å²) in [5, 5.41) is 13.4. The van der Waals surface area contributed by atoms with Crippen LogP contribution in [-0.2, 0) is 20.6 Å². The Balaban J connectivity index is 1.49. The Morgan fingerprint density at radius 3 is 2.17 bits per heavy atom. The van der Waals surface area contributed by atoms with Crippen molar-refractivity contribution in [3.05, 3.63) is 90.5 Å². The first kappa shape index (κ1) is 19.5. The third-order valence-corrected chi connectivity index (χ3v) is 4.99. The minimum Gasteiger partial charge on any atom is -0.370 e. The Morgan fingerprint density at radius 1 is 0.867 bits per heavy atom. The Hall–Kier alpha value is -3.80. The third kappa shape index (κ3) is 4.27. The van der Waals surface area contributed by atoms with Gasteiger partial charge in [-0.1, -0.05) is 53.6 Å². The summed E-state index contributed by atoms with van der Waals surface area (Å²) < 4.78 is 3.69. The van der Waals surface area contributed by atoms with Crippen LogP contribution in [0.3, 0.4) is 0 Å². The standard InChI is InChI=1S/C24H25N6/c1-28(18-19-10-6-4-7-11-19)22-16-14-21(15-17-22)25-26-24-29(2)23(27-30(24)3)20-12-8-5-9-13-20/h4-17H,18H2,1-3H3/q+1. The lowest BCUT2D eigenvalue weighted by Crippen LogP contribution is -2.29.